The molecule has 1 amide bonds. The average Bonchev–Trinajstić information content (AvgIpc) is 2.67. The van der Waals surface area contributed by atoms with E-state index in [1.165, 1.54) is 24.3 Å². The minimum absolute atomic E-state index is 0.0367. The predicted octanol–water partition coefficient (Wildman–Crippen LogP) is 5.83. The van der Waals surface area contributed by atoms with Crippen molar-refractivity contribution in [3.05, 3.63) is 75.3 Å². The van der Waals surface area contributed by atoms with Gasteiger partial charge in [0.2, 0.25) is 0 Å². The summed E-state index contributed by atoms with van der Waals surface area (Å²) in [4.78, 5) is 14.1. The van der Waals surface area contributed by atoms with Gasteiger partial charge in [0, 0.05) is 28.7 Å². The summed E-state index contributed by atoms with van der Waals surface area (Å²) < 4.78 is 45.9. The van der Waals surface area contributed by atoms with Crippen LogP contribution in [0.5, 0.6) is 0 Å². The highest BCUT2D eigenvalue weighted by molar-refractivity contribution is 6.34. The molecule has 1 unspecified atom stereocenters. The highest BCUT2D eigenvalue weighted by Gasteiger charge is 2.39. The van der Waals surface area contributed by atoms with Crippen LogP contribution in [0.15, 0.2) is 48.5 Å². The molecule has 0 aromatic heterocycles. The fourth-order valence-electron chi connectivity index (χ4n) is 3.06. The molecule has 8 heteroatoms. The molecule has 0 aliphatic carbocycles. The molecule has 29 heavy (non-hydrogen) atoms. The molecule has 2 aromatic carbocycles. The van der Waals surface area contributed by atoms with Crippen LogP contribution >= 0.6 is 23.2 Å². The van der Waals surface area contributed by atoms with Gasteiger partial charge in [-0.25, -0.2) is 0 Å². The van der Waals surface area contributed by atoms with Gasteiger partial charge in [0.15, 0.2) is 0 Å². The Bertz CT molecular complexity index is 872. The number of amides is 1. The second-order valence-corrected chi connectivity index (χ2v) is 7.48. The van der Waals surface area contributed by atoms with Gasteiger partial charge in [0.05, 0.1) is 19.1 Å². The topological polar surface area (TPSA) is 29.5 Å². The largest absolute Gasteiger partial charge is 0.399 e. The molecule has 1 aliphatic heterocycles. The van der Waals surface area contributed by atoms with Crippen LogP contribution in [0.3, 0.4) is 0 Å². The minimum Gasteiger partial charge on any atom is -0.378 e. The van der Waals surface area contributed by atoms with Crippen LogP contribution in [0, 0.1) is 0 Å². The van der Waals surface area contributed by atoms with Crippen LogP contribution in [0.4, 0.5) is 13.2 Å². The third-order valence-electron chi connectivity index (χ3n) is 4.53. The number of hydrogen-bond donors (Lipinski definition) is 0. The lowest BCUT2D eigenvalue weighted by Gasteiger charge is -2.26. The van der Waals surface area contributed by atoms with Crippen molar-refractivity contribution in [3.63, 3.8) is 0 Å². The first-order valence-corrected chi connectivity index (χ1v) is 9.67. The third kappa shape index (κ3) is 5.75. The molecule has 0 bridgehead atoms. The highest BCUT2D eigenvalue weighted by atomic mass is 35.5. The summed E-state index contributed by atoms with van der Waals surface area (Å²) in [6.07, 6.45) is -2.08. The third-order valence-corrected chi connectivity index (χ3v) is 4.97. The predicted molar refractivity (Wildman–Crippen MR) is 107 cm³/mol. The lowest BCUT2D eigenvalue weighted by atomic mass is 9.97. The molecular weight excluding hydrogens is 426 g/mol. The summed E-state index contributed by atoms with van der Waals surface area (Å²) in [5.41, 5.74) is 0.995. The first kappa shape index (κ1) is 21.7. The number of carbonyl (C=O) groups excluding carboxylic acids is 1. The van der Waals surface area contributed by atoms with E-state index in [-0.39, 0.29) is 21.5 Å². The number of alkyl halides is 3. The van der Waals surface area contributed by atoms with Gasteiger partial charge < -0.3 is 9.64 Å². The molecule has 1 heterocycles. The smallest absolute Gasteiger partial charge is 0.378 e. The van der Waals surface area contributed by atoms with Crippen molar-refractivity contribution in [1.29, 1.82) is 0 Å². The van der Waals surface area contributed by atoms with E-state index in [4.69, 9.17) is 27.9 Å². The Balaban J connectivity index is 1.78. The number of nitrogens with zero attached hydrogens (tertiary/aromatic N) is 1. The van der Waals surface area contributed by atoms with Crippen LogP contribution in [0.2, 0.25) is 10.0 Å². The number of ether oxygens (including phenoxy) is 1. The lowest BCUT2D eigenvalue weighted by molar-refractivity contribution is -0.139. The maximum Gasteiger partial charge on any atom is 0.399 e. The van der Waals surface area contributed by atoms with Gasteiger partial charge in [-0.05, 0) is 41.5 Å². The number of carbonyl (C=O) groups is 1. The number of halogens is 5. The monoisotopic (exact) mass is 443 g/mol. The molecule has 0 radical (unpaired) electrons. The second kappa shape index (κ2) is 9.20. The van der Waals surface area contributed by atoms with E-state index < -0.39 is 12.1 Å². The van der Waals surface area contributed by atoms with Crippen molar-refractivity contribution in [2.45, 2.75) is 12.1 Å². The molecule has 3 rings (SSSR count). The van der Waals surface area contributed by atoms with Crippen molar-refractivity contribution in [1.82, 2.24) is 4.90 Å². The van der Waals surface area contributed by atoms with Gasteiger partial charge >= 0.3 is 6.18 Å². The zero-order valence-electron chi connectivity index (χ0n) is 15.3. The van der Waals surface area contributed by atoms with Crippen LogP contribution in [0.25, 0.3) is 6.08 Å². The maximum absolute atomic E-state index is 13.5. The van der Waals surface area contributed by atoms with Gasteiger partial charge in [-0.1, -0.05) is 47.5 Å². The standard InChI is InChI=1S/C21H18Cl2F3NO2/c22-17-11-16(12-18(23)13-17)19(21(24,25)26)6-3-14-1-4-15(5-2-14)20(28)27-7-9-29-10-8-27/h1-6,11-13,19H,7-10H2. The van der Waals surface area contributed by atoms with Crippen LogP contribution in [0.1, 0.15) is 27.4 Å². The van der Waals surface area contributed by atoms with Crippen molar-refractivity contribution >= 4 is 35.2 Å². The molecule has 1 atom stereocenters. The normalized spacial score (nSPS) is 16.2. The summed E-state index contributed by atoms with van der Waals surface area (Å²) in [5, 5.41) is 0.280. The Morgan fingerprint density at radius 2 is 1.62 bits per heavy atom. The van der Waals surface area contributed by atoms with E-state index in [1.807, 2.05) is 0 Å². The average molecular weight is 444 g/mol. The molecule has 1 fully saturated rings. The van der Waals surface area contributed by atoms with Crippen molar-refractivity contribution in [2.24, 2.45) is 0 Å². The molecule has 2 aromatic rings. The summed E-state index contributed by atoms with van der Waals surface area (Å²) in [6.45, 7) is 2.05. The summed E-state index contributed by atoms with van der Waals surface area (Å²) in [5.74, 6) is -1.97. The number of rotatable bonds is 4. The Morgan fingerprint density at radius 3 is 2.17 bits per heavy atom. The first-order valence-electron chi connectivity index (χ1n) is 8.92. The molecule has 0 spiro atoms. The van der Waals surface area contributed by atoms with Crippen molar-refractivity contribution in [2.75, 3.05) is 26.3 Å². The zero-order chi connectivity index (χ0) is 21.0. The Morgan fingerprint density at radius 1 is 1.03 bits per heavy atom. The quantitative estimate of drug-likeness (QED) is 0.595. The van der Waals surface area contributed by atoms with Gasteiger partial charge in [-0.2, -0.15) is 13.2 Å². The fraction of sp³-hybridized carbons (Fsp3) is 0.286. The van der Waals surface area contributed by atoms with E-state index >= 15 is 0 Å². The minimum atomic E-state index is -4.50. The Hall–Kier alpha value is -2.02. The van der Waals surface area contributed by atoms with E-state index in [2.05, 4.69) is 0 Å². The summed E-state index contributed by atoms with van der Waals surface area (Å²) in [7, 11) is 0. The SMILES string of the molecule is O=C(c1ccc(C=CC(c2cc(Cl)cc(Cl)c2)C(F)(F)F)cc1)N1CCOCC1. The number of morpholine rings is 1. The number of allylic oxidation sites excluding steroid dienone is 1. The molecule has 154 valence electrons. The van der Waals surface area contributed by atoms with Gasteiger partial charge in [-0.3, -0.25) is 4.79 Å². The molecule has 0 N–H and O–H groups in total. The summed E-state index contributed by atoms with van der Waals surface area (Å²) in [6, 6.07) is 10.3. The Kier molecular flexibility index (Phi) is 6.88. The molecule has 0 saturated carbocycles. The second-order valence-electron chi connectivity index (χ2n) is 6.61. The first-order chi connectivity index (χ1) is 13.7. The molecule has 1 aliphatic rings. The number of benzene rings is 2. The Labute approximate surface area is 176 Å². The zero-order valence-corrected chi connectivity index (χ0v) is 16.8. The van der Waals surface area contributed by atoms with E-state index in [9.17, 15) is 18.0 Å². The maximum atomic E-state index is 13.5. The lowest BCUT2D eigenvalue weighted by Crippen LogP contribution is -2.40. The fourth-order valence-corrected chi connectivity index (χ4v) is 3.60. The van der Waals surface area contributed by atoms with E-state index in [0.29, 0.717) is 37.4 Å². The van der Waals surface area contributed by atoms with Crippen LogP contribution < -0.4 is 0 Å². The van der Waals surface area contributed by atoms with E-state index in [0.717, 1.165) is 6.08 Å². The van der Waals surface area contributed by atoms with E-state index in [1.54, 1.807) is 29.2 Å². The van der Waals surface area contributed by atoms with Crippen LogP contribution in [-0.4, -0.2) is 43.3 Å². The van der Waals surface area contributed by atoms with Gasteiger partial charge in [-0.15, -0.1) is 0 Å². The molecule has 3 nitrogen and oxygen atoms in total. The van der Waals surface area contributed by atoms with Crippen LogP contribution in [-0.2, 0) is 4.74 Å². The molecule has 1 saturated heterocycles. The van der Waals surface area contributed by atoms with Gasteiger partial charge in [0.1, 0.15) is 0 Å². The molecular formula is C21H18Cl2F3NO2. The number of hydrogen-bond acceptors (Lipinski definition) is 2. The summed E-state index contributed by atoms with van der Waals surface area (Å²) >= 11 is 11.7. The highest BCUT2D eigenvalue weighted by Crippen LogP contribution is 2.38. The van der Waals surface area contributed by atoms with Crippen molar-refractivity contribution < 1.29 is 22.7 Å². The van der Waals surface area contributed by atoms with Crippen molar-refractivity contribution in [3.8, 4) is 0 Å². The van der Waals surface area contributed by atoms with Gasteiger partial charge in [0.25, 0.3) is 5.91 Å².